The minimum atomic E-state index is -0.273. The summed E-state index contributed by atoms with van der Waals surface area (Å²) in [6.07, 6.45) is 0. The van der Waals surface area contributed by atoms with E-state index >= 15 is 0 Å². The normalized spacial score (nSPS) is 12.5. The number of rotatable bonds is 5. The maximum atomic E-state index is 12.6. The zero-order valence-corrected chi connectivity index (χ0v) is 15.3. The summed E-state index contributed by atoms with van der Waals surface area (Å²) in [6, 6.07) is 5.25. The third-order valence-corrected chi connectivity index (χ3v) is 3.68. The van der Waals surface area contributed by atoms with Gasteiger partial charge in [-0.2, -0.15) is 15.0 Å². The fourth-order valence-corrected chi connectivity index (χ4v) is 2.38. The van der Waals surface area contributed by atoms with Gasteiger partial charge in [0.05, 0.1) is 12.1 Å². The van der Waals surface area contributed by atoms with Gasteiger partial charge in [-0.1, -0.05) is 6.07 Å². The van der Waals surface area contributed by atoms with Crippen molar-refractivity contribution in [3.63, 3.8) is 0 Å². The highest BCUT2D eigenvalue weighted by Gasteiger charge is 2.20. The van der Waals surface area contributed by atoms with E-state index in [1.54, 1.807) is 28.0 Å². The molecule has 26 heavy (non-hydrogen) atoms. The van der Waals surface area contributed by atoms with Gasteiger partial charge in [0.1, 0.15) is 13.2 Å². The number of carbonyl (C=O) groups is 1. The van der Waals surface area contributed by atoms with Gasteiger partial charge in [0.25, 0.3) is 5.91 Å². The van der Waals surface area contributed by atoms with E-state index in [9.17, 15) is 4.79 Å². The second-order valence-corrected chi connectivity index (χ2v) is 6.15. The molecule has 1 N–H and O–H groups in total. The second-order valence-electron chi connectivity index (χ2n) is 6.15. The maximum Gasteiger partial charge on any atom is 0.255 e. The van der Waals surface area contributed by atoms with E-state index in [0.717, 1.165) is 0 Å². The summed E-state index contributed by atoms with van der Waals surface area (Å²) in [6.45, 7) is 1.07. The summed E-state index contributed by atoms with van der Waals surface area (Å²) in [5, 5.41) is 2.83. The summed E-state index contributed by atoms with van der Waals surface area (Å²) >= 11 is 0. The molecular weight excluding hydrogens is 336 g/mol. The molecule has 0 aliphatic carbocycles. The van der Waals surface area contributed by atoms with Crippen LogP contribution in [0.1, 0.15) is 16.2 Å². The molecule has 0 saturated carbocycles. The number of ether oxygens (including phenoxy) is 2. The van der Waals surface area contributed by atoms with Gasteiger partial charge in [-0.15, -0.1) is 0 Å². The molecule has 0 spiro atoms. The first kappa shape index (κ1) is 17.7. The fraction of sp³-hybridized carbons (Fsp3) is 0.412. The maximum absolute atomic E-state index is 12.6. The number of amides is 1. The number of hydrogen-bond donors (Lipinski definition) is 1. The lowest BCUT2D eigenvalue weighted by Gasteiger charge is -2.20. The molecule has 0 radical (unpaired) electrons. The van der Waals surface area contributed by atoms with Crippen LogP contribution in [-0.4, -0.2) is 62.3 Å². The van der Waals surface area contributed by atoms with Crippen molar-refractivity contribution >= 4 is 17.8 Å². The summed E-state index contributed by atoms with van der Waals surface area (Å²) in [5.74, 6) is 2.31. The standard InChI is InChI=1S/C17H22N6O3/c1-22(2)16-19-13(20-17(21-16)23(3)4)10-18-15(24)11-6-5-7-12-14(11)26-9-8-25-12/h5-7H,8-10H2,1-4H3,(H,18,24). The van der Waals surface area contributed by atoms with E-state index < -0.39 is 0 Å². The van der Waals surface area contributed by atoms with Gasteiger partial charge in [-0.05, 0) is 12.1 Å². The molecule has 1 aliphatic rings. The van der Waals surface area contributed by atoms with Gasteiger partial charge < -0.3 is 24.6 Å². The Morgan fingerprint density at radius 2 is 1.69 bits per heavy atom. The SMILES string of the molecule is CN(C)c1nc(CNC(=O)c2cccc3c2OCCO3)nc(N(C)C)n1. The van der Waals surface area contributed by atoms with Crippen LogP contribution in [0, 0.1) is 0 Å². The van der Waals surface area contributed by atoms with Crippen molar-refractivity contribution in [1.29, 1.82) is 0 Å². The zero-order valence-electron chi connectivity index (χ0n) is 15.3. The van der Waals surface area contributed by atoms with Crippen LogP contribution in [0.3, 0.4) is 0 Å². The summed E-state index contributed by atoms with van der Waals surface area (Å²) in [7, 11) is 7.41. The Balaban J connectivity index is 1.78. The minimum Gasteiger partial charge on any atom is -0.486 e. The van der Waals surface area contributed by atoms with Crippen LogP contribution >= 0.6 is 0 Å². The van der Waals surface area contributed by atoms with Crippen LogP contribution in [0.5, 0.6) is 11.5 Å². The van der Waals surface area contributed by atoms with Gasteiger partial charge in [-0.25, -0.2) is 0 Å². The highest BCUT2D eigenvalue weighted by atomic mass is 16.6. The molecule has 2 aromatic rings. The highest BCUT2D eigenvalue weighted by Crippen LogP contribution is 2.33. The van der Waals surface area contributed by atoms with Crippen molar-refractivity contribution in [2.24, 2.45) is 0 Å². The van der Waals surface area contributed by atoms with Gasteiger partial charge in [0.15, 0.2) is 17.3 Å². The lowest BCUT2D eigenvalue weighted by molar-refractivity contribution is 0.0938. The molecule has 9 heteroatoms. The lowest BCUT2D eigenvalue weighted by Crippen LogP contribution is -2.27. The van der Waals surface area contributed by atoms with E-state index in [4.69, 9.17) is 9.47 Å². The number of hydrogen-bond acceptors (Lipinski definition) is 8. The summed E-state index contributed by atoms with van der Waals surface area (Å²) < 4.78 is 11.1. The number of nitrogens with one attached hydrogen (secondary N) is 1. The molecule has 0 atom stereocenters. The second kappa shape index (κ2) is 7.42. The van der Waals surface area contributed by atoms with E-state index in [1.165, 1.54) is 0 Å². The van der Waals surface area contributed by atoms with Gasteiger partial charge in [-0.3, -0.25) is 4.79 Å². The molecule has 2 heterocycles. The Labute approximate surface area is 152 Å². The van der Waals surface area contributed by atoms with Gasteiger partial charge >= 0.3 is 0 Å². The molecule has 3 rings (SSSR count). The van der Waals surface area contributed by atoms with Crippen molar-refractivity contribution in [2.45, 2.75) is 6.54 Å². The molecule has 9 nitrogen and oxygen atoms in total. The Hall–Kier alpha value is -3.10. The molecule has 0 unspecified atom stereocenters. The molecular formula is C17H22N6O3. The molecule has 138 valence electrons. The highest BCUT2D eigenvalue weighted by molar-refractivity contribution is 5.97. The van der Waals surface area contributed by atoms with Crippen LogP contribution in [0.15, 0.2) is 18.2 Å². The number of benzene rings is 1. The monoisotopic (exact) mass is 358 g/mol. The lowest BCUT2D eigenvalue weighted by atomic mass is 10.1. The molecule has 0 saturated heterocycles. The van der Waals surface area contributed by atoms with Crippen molar-refractivity contribution in [3.05, 3.63) is 29.6 Å². The van der Waals surface area contributed by atoms with Crippen LogP contribution in [0.2, 0.25) is 0 Å². The quantitative estimate of drug-likeness (QED) is 0.835. The van der Waals surface area contributed by atoms with Crippen LogP contribution < -0.4 is 24.6 Å². The average molecular weight is 358 g/mol. The van der Waals surface area contributed by atoms with Gasteiger partial charge in [0, 0.05) is 28.2 Å². The van der Waals surface area contributed by atoms with Crippen molar-refractivity contribution in [3.8, 4) is 11.5 Å². The topological polar surface area (TPSA) is 92.7 Å². The predicted molar refractivity (Wildman–Crippen MR) is 97.1 cm³/mol. The van der Waals surface area contributed by atoms with Crippen LogP contribution in [-0.2, 0) is 6.54 Å². The van der Waals surface area contributed by atoms with Crippen molar-refractivity contribution < 1.29 is 14.3 Å². The van der Waals surface area contributed by atoms with Crippen molar-refractivity contribution in [1.82, 2.24) is 20.3 Å². The van der Waals surface area contributed by atoms with Gasteiger partial charge in [0.2, 0.25) is 11.9 Å². The van der Waals surface area contributed by atoms with E-state index in [0.29, 0.717) is 48.0 Å². The fourth-order valence-electron chi connectivity index (χ4n) is 2.38. The molecule has 1 aromatic carbocycles. The molecule has 0 fully saturated rings. The number of carbonyl (C=O) groups excluding carboxylic acids is 1. The third kappa shape index (κ3) is 3.76. The Morgan fingerprint density at radius 3 is 2.35 bits per heavy atom. The number of para-hydroxylation sites is 1. The third-order valence-electron chi connectivity index (χ3n) is 3.68. The summed E-state index contributed by atoms with van der Waals surface area (Å²) in [4.78, 5) is 29.3. The van der Waals surface area contributed by atoms with Crippen LogP contribution in [0.4, 0.5) is 11.9 Å². The Kier molecular flexibility index (Phi) is 5.06. The van der Waals surface area contributed by atoms with E-state index in [2.05, 4.69) is 20.3 Å². The minimum absolute atomic E-state index is 0.174. The zero-order chi connectivity index (χ0) is 18.7. The average Bonchev–Trinajstić information content (AvgIpc) is 2.65. The number of anilines is 2. The van der Waals surface area contributed by atoms with E-state index in [-0.39, 0.29) is 12.5 Å². The van der Waals surface area contributed by atoms with Crippen LogP contribution in [0.25, 0.3) is 0 Å². The van der Waals surface area contributed by atoms with E-state index in [1.807, 2.05) is 28.2 Å². The Bertz CT molecular complexity index is 783. The predicted octanol–water partition coefficient (Wildman–Crippen LogP) is 0.705. The first-order valence-corrected chi connectivity index (χ1v) is 8.22. The number of nitrogens with zero attached hydrogens (tertiary/aromatic N) is 5. The summed E-state index contributed by atoms with van der Waals surface area (Å²) in [5.41, 5.74) is 0.428. The molecule has 1 aromatic heterocycles. The number of aromatic nitrogens is 3. The first-order valence-electron chi connectivity index (χ1n) is 8.22. The largest absolute Gasteiger partial charge is 0.486 e. The first-order chi connectivity index (χ1) is 12.5. The molecule has 1 aliphatic heterocycles. The molecule has 0 bridgehead atoms. The molecule has 1 amide bonds. The smallest absolute Gasteiger partial charge is 0.255 e. The number of fused-ring (bicyclic) bond motifs is 1. The van der Waals surface area contributed by atoms with Crippen molar-refractivity contribution in [2.75, 3.05) is 51.2 Å². The Morgan fingerprint density at radius 1 is 1.04 bits per heavy atom.